The number of hydrogen-bond acceptors (Lipinski definition) is 3. The van der Waals surface area contributed by atoms with E-state index < -0.39 is 0 Å². The van der Waals surface area contributed by atoms with Crippen molar-refractivity contribution in [2.45, 2.75) is 26.2 Å². The lowest BCUT2D eigenvalue weighted by Gasteiger charge is -2.03. The molecule has 1 aliphatic rings. The van der Waals surface area contributed by atoms with Gasteiger partial charge >= 0.3 is 0 Å². The van der Waals surface area contributed by atoms with Crippen LogP contribution in [0.5, 0.6) is 0 Å². The molecular formula is C13H14N2O2. The average molecular weight is 230 g/mol. The number of carbonyl (C=O) groups excluding carboxylic acids is 1. The van der Waals surface area contributed by atoms with E-state index in [2.05, 4.69) is 10.3 Å². The Morgan fingerprint density at radius 3 is 3.12 bits per heavy atom. The molecule has 4 nitrogen and oxygen atoms in total. The number of fused-ring (bicyclic) bond motifs is 1. The van der Waals surface area contributed by atoms with Gasteiger partial charge in [-0.05, 0) is 30.9 Å². The Bertz CT molecular complexity index is 570. The zero-order valence-electron chi connectivity index (χ0n) is 9.69. The molecule has 1 heterocycles. The molecule has 0 unspecified atom stereocenters. The lowest BCUT2D eigenvalue weighted by molar-refractivity contribution is -0.116. The number of hydrogen-bond donors (Lipinski definition) is 1. The first-order valence-electron chi connectivity index (χ1n) is 5.88. The number of nitrogens with one attached hydrogen (secondary N) is 1. The predicted molar refractivity (Wildman–Crippen MR) is 64.7 cm³/mol. The van der Waals surface area contributed by atoms with Crippen LogP contribution in [0.4, 0.5) is 5.69 Å². The number of rotatable bonds is 3. The van der Waals surface area contributed by atoms with E-state index in [9.17, 15) is 4.79 Å². The van der Waals surface area contributed by atoms with Gasteiger partial charge in [-0.3, -0.25) is 4.79 Å². The van der Waals surface area contributed by atoms with Crippen LogP contribution in [0.2, 0.25) is 0 Å². The second-order valence-corrected chi connectivity index (χ2v) is 4.61. The molecule has 0 spiro atoms. The Morgan fingerprint density at radius 2 is 2.35 bits per heavy atom. The zero-order valence-corrected chi connectivity index (χ0v) is 9.69. The summed E-state index contributed by atoms with van der Waals surface area (Å²) >= 11 is 0. The summed E-state index contributed by atoms with van der Waals surface area (Å²) in [6, 6.07) is 5.54. The van der Waals surface area contributed by atoms with Gasteiger partial charge < -0.3 is 9.73 Å². The smallest absolute Gasteiger partial charge is 0.224 e. The van der Waals surface area contributed by atoms with Gasteiger partial charge in [0.05, 0.1) is 0 Å². The number of aryl methyl sites for hydroxylation is 1. The molecule has 4 heteroatoms. The van der Waals surface area contributed by atoms with Crippen molar-refractivity contribution in [1.82, 2.24) is 4.98 Å². The first-order chi connectivity index (χ1) is 8.20. The molecule has 1 aromatic heterocycles. The maximum atomic E-state index is 11.6. The van der Waals surface area contributed by atoms with Crippen LogP contribution < -0.4 is 5.32 Å². The van der Waals surface area contributed by atoms with Crippen LogP contribution in [0, 0.1) is 12.8 Å². The van der Waals surface area contributed by atoms with Gasteiger partial charge in [0.15, 0.2) is 11.5 Å². The van der Waals surface area contributed by atoms with Crippen LogP contribution in [-0.4, -0.2) is 10.9 Å². The van der Waals surface area contributed by atoms with Crippen molar-refractivity contribution in [3.05, 3.63) is 24.1 Å². The second kappa shape index (κ2) is 3.87. The van der Waals surface area contributed by atoms with Crippen molar-refractivity contribution < 1.29 is 9.21 Å². The Labute approximate surface area is 99.0 Å². The summed E-state index contributed by atoms with van der Waals surface area (Å²) in [7, 11) is 0. The first-order valence-corrected chi connectivity index (χ1v) is 5.88. The number of benzene rings is 1. The molecule has 0 aliphatic heterocycles. The quantitative estimate of drug-likeness (QED) is 0.882. The Morgan fingerprint density at radius 1 is 1.53 bits per heavy atom. The van der Waals surface area contributed by atoms with Gasteiger partial charge in [0.25, 0.3) is 0 Å². The maximum absolute atomic E-state index is 11.6. The van der Waals surface area contributed by atoms with Crippen LogP contribution in [-0.2, 0) is 4.79 Å². The highest BCUT2D eigenvalue weighted by Gasteiger charge is 2.24. The van der Waals surface area contributed by atoms with Gasteiger partial charge in [0.2, 0.25) is 5.91 Å². The van der Waals surface area contributed by atoms with E-state index in [4.69, 9.17) is 4.42 Å². The number of oxazole rings is 1. The van der Waals surface area contributed by atoms with Crippen molar-refractivity contribution in [2.24, 2.45) is 5.92 Å². The van der Waals surface area contributed by atoms with E-state index in [0.717, 1.165) is 11.2 Å². The molecule has 2 aromatic rings. The average Bonchev–Trinajstić information content (AvgIpc) is 2.98. The molecule has 0 radical (unpaired) electrons. The first kappa shape index (κ1) is 10.3. The molecule has 0 bridgehead atoms. The van der Waals surface area contributed by atoms with Gasteiger partial charge in [-0.15, -0.1) is 0 Å². The summed E-state index contributed by atoms with van der Waals surface area (Å²) in [4.78, 5) is 15.9. The van der Waals surface area contributed by atoms with Crippen LogP contribution in [0.15, 0.2) is 22.6 Å². The van der Waals surface area contributed by atoms with Gasteiger partial charge in [0, 0.05) is 25.1 Å². The van der Waals surface area contributed by atoms with Crippen LogP contribution >= 0.6 is 0 Å². The fourth-order valence-electron chi connectivity index (χ4n) is 1.91. The fraction of sp³-hybridized carbons (Fsp3) is 0.385. The molecule has 3 rings (SSSR count). The lowest BCUT2D eigenvalue weighted by atomic mass is 10.2. The molecular weight excluding hydrogens is 216 g/mol. The fourth-order valence-corrected chi connectivity index (χ4v) is 1.91. The van der Waals surface area contributed by atoms with Crippen molar-refractivity contribution in [3.8, 4) is 0 Å². The van der Waals surface area contributed by atoms with E-state index in [0.29, 0.717) is 23.8 Å². The lowest BCUT2D eigenvalue weighted by Crippen LogP contribution is -2.11. The standard InChI is InChI=1S/C13H14N2O2/c1-8-14-11-5-4-10(7-12(11)17-8)15-13(16)6-9-2-3-9/h4-5,7,9H,2-3,6H2,1H3,(H,15,16). The molecule has 1 fully saturated rings. The summed E-state index contributed by atoms with van der Waals surface area (Å²) in [5.74, 6) is 1.33. The third kappa shape index (κ3) is 2.30. The van der Waals surface area contributed by atoms with Gasteiger partial charge in [-0.2, -0.15) is 0 Å². The largest absolute Gasteiger partial charge is 0.441 e. The van der Waals surface area contributed by atoms with Gasteiger partial charge in [0.1, 0.15) is 5.52 Å². The molecule has 1 amide bonds. The minimum Gasteiger partial charge on any atom is -0.441 e. The highest BCUT2D eigenvalue weighted by molar-refractivity contribution is 5.92. The summed E-state index contributed by atoms with van der Waals surface area (Å²) in [5.41, 5.74) is 2.31. The maximum Gasteiger partial charge on any atom is 0.224 e. The zero-order chi connectivity index (χ0) is 11.8. The van der Waals surface area contributed by atoms with E-state index in [1.807, 2.05) is 25.1 Å². The SMILES string of the molecule is Cc1nc2ccc(NC(=O)CC3CC3)cc2o1. The van der Waals surface area contributed by atoms with Crippen molar-refractivity contribution in [3.63, 3.8) is 0 Å². The summed E-state index contributed by atoms with van der Waals surface area (Å²) in [5, 5.41) is 2.89. The summed E-state index contributed by atoms with van der Waals surface area (Å²) in [6.45, 7) is 1.81. The third-order valence-corrected chi connectivity index (χ3v) is 2.95. The molecule has 1 aromatic carbocycles. The highest BCUT2D eigenvalue weighted by atomic mass is 16.3. The number of aromatic nitrogens is 1. The summed E-state index contributed by atoms with van der Waals surface area (Å²) in [6.07, 6.45) is 3.01. The van der Waals surface area contributed by atoms with Crippen LogP contribution in [0.1, 0.15) is 25.2 Å². The van der Waals surface area contributed by atoms with Crippen molar-refractivity contribution >= 4 is 22.7 Å². The number of carbonyl (C=O) groups is 1. The van der Waals surface area contributed by atoms with Crippen LogP contribution in [0.3, 0.4) is 0 Å². The van der Waals surface area contributed by atoms with E-state index in [-0.39, 0.29) is 5.91 Å². The number of amides is 1. The third-order valence-electron chi connectivity index (χ3n) is 2.95. The predicted octanol–water partition coefficient (Wildman–Crippen LogP) is 2.87. The highest BCUT2D eigenvalue weighted by Crippen LogP contribution is 2.32. The topological polar surface area (TPSA) is 55.1 Å². The van der Waals surface area contributed by atoms with Crippen molar-refractivity contribution in [1.29, 1.82) is 0 Å². The second-order valence-electron chi connectivity index (χ2n) is 4.61. The minimum absolute atomic E-state index is 0.0862. The Hall–Kier alpha value is -1.84. The molecule has 0 saturated heterocycles. The molecule has 17 heavy (non-hydrogen) atoms. The van der Waals surface area contributed by atoms with E-state index >= 15 is 0 Å². The summed E-state index contributed by atoms with van der Waals surface area (Å²) < 4.78 is 5.42. The molecule has 1 saturated carbocycles. The molecule has 1 aliphatic carbocycles. The van der Waals surface area contributed by atoms with Gasteiger partial charge in [-0.1, -0.05) is 0 Å². The minimum atomic E-state index is 0.0862. The van der Waals surface area contributed by atoms with Crippen molar-refractivity contribution in [2.75, 3.05) is 5.32 Å². The molecule has 1 N–H and O–H groups in total. The number of nitrogens with zero attached hydrogens (tertiary/aromatic N) is 1. The van der Waals surface area contributed by atoms with Gasteiger partial charge in [-0.25, -0.2) is 4.98 Å². The number of anilines is 1. The Kier molecular flexibility index (Phi) is 2.35. The monoisotopic (exact) mass is 230 g/mol. The van der Waals surface area contributed by atoms with Crippen LogP contribution in [0.25, 0.3) is 11.1 Å². The normalized spacial score (nSPS) is 15.1. The van der Waals surface area contributed by atoms with E-state index in [1.165, 1.54) is 12.8 Å². The Balaban J connectivity index is 1.77. The molecule has 0 atom stereocenters. The van der Waals surface area contributed by atoms with E-state index in [1.54, 1.807) is 0 Å². The molecule has 88 valence electrons.